The molecule has 2 aromatic heterocycles. The second-order valence-electron chi connectivity index (χ2n) is 13.2. The van der Waals surface area contributed by atoms with Gasteiger partial charge in [0, 0.05) is 16.8 Å². The minimum Gasteiger partial charge on any atom is -0.505 e. The molecule has 0 spiro atoms. The second-order valence-corrected chi connectivity index (χ2v) is 17.1. The Bertz CT molecular complexity index is 3090. The Hall–Kier alpha value is -6.56. The van der Waals surface area contributed by atoms with Crippen molar-refractivity contribution < 1.29 is 46.0 Å². The number of fused-ring (bicyclic) bond motifs is 2. The van der Waals surface area contributed by atoms with E-state index in [1.807, 2.05) is 19.1 Å². The number of hydrogen-bond donors (Lipinski definition) is 5. The van der Waals surface area contributed by atoms with E-state index in [1.165, 1.54) is 52.5 Å². The van der Waals surface area contributed by atoms with Crippen LogP contribution < -0.4 is 4.74 Å². The Balaban J connectivity index is 1.19. The molecule has 0 fully saturated rings. The predicted molar refractivity (Wildman–Crippen MR) is 221 cm³/mol. The standard InChI is InChI=1S/C38H33N9O10S3/c1-21-4-7-24(8-5-21)47-37(50)32(19-39-47)45-42-29-13-9-25-26(36(29)60(54,55)56)10-12-28(35(25)49)41-44-31-16-22(2)30(18-33(31)57-14-3-15-59(51,52)53)43-46-38-40-27-11-6-23(20-48)17-34(27)58-38/h4-13,16-19,48-50H,3,14-15,20H2,1-2H3,(H,51,52,53)(H,54,55,56). The zero-order valence-electron chi connectivity index (χ0n) is 31.4. The molecule has 5 aromatic carbocycles. The average molecular weight is 872 g/mol. The lowest BCUT2D eigenvalue weighted by molar-refractivity contribution is 0.282. The summed E-state index contributed by atoms with van der Waals surface area (Å²) in [6.45, 7) is 3.35. The molecule has 0 saturated heterocycles. The van der Waals surface area contributed by atoms with E-state index < -0.39 is 36.6 Å². The van der Waals surface area contributed by atoms with E-state index >= 15 is 0 Å². The van der Waals surface area contributed by atoms with Gasteiger partial charge in [0.1, 0.15) is 27.7 Å². The highest BCUT2D eigenvalue weighted by Crippen LogP contribution is 2.43. The Morgan fingerprint density at radius 1 is 0.750 bits per heavy atom. The van der Waals surface area contributed by atoms with Gasteiger partial charge in [-0.3, -0.25) is 9.11 Å². The van der Waals surface area contributed by atoms with Gasteiger partial charge in [0.15, 0.2) is 11.4 Å². The molecule has 2 heterocycles. The summed E-state index contributed by atoms with van der Waals surface area (Å²) in [5, 5.41) is 60.8. The number of azo groups is 3. The van der Waals surface area contributed by atoms with Crippen molar-refractivity contribution in [3.05, 3.63) is 102 Å². The highest BCUT2D eigenvalue weighted by atomic mass is 32.2. The fraction of sp³-hybridized carbons (Fsp3) is 0.158. The van der Waals surface area contributed by atoms with Gasteiger partial charge in [-0.15, -0.1) is 30.7 Å². The minimum atomic E-state index is -4.97. The van der Waals surface area contributed by atoms with Gasteiger partial charge in [-0.1, -0.05) is 41.2 Å². The van der Waals surface area contributed by atoms with Gasteiger partial charge >= 0.3 is 0 Å². The van der Waals surface area contributed by atoms with Crippen LogP contribution in [-0.4, -0.2) is 68.4 Å². The molecule has 0 atom stereocenters. The molecule has 7 rings (SSSR count). The van der Waals surface area contributed by atoms with E-state index in [2.05, 4.69) is 40.8 Å². The van der Waals surface area contributed by atoms with Gasteiger partial charge in [0.05, 0.1) is 46.8 Å². The van der Waals surface area contributed by atoms with Crippen molar-refractivity contribution in [1.29, 1.82) is 0 Å². The van der Waals surface area contributed by atoms with Crippen molar-refractivity contribution in [2.75, 3.05) is 12.4 Å². The number of thiazole rings is 1. The highest BCUT2D eigenvalue weighted by Gasteiger charge is 2.23. The number of benzene rings is 5. The van der Waals surface area contributed by atoms with Crippen molar-refractivity contribution in [1.82, 2.24) is 14.8 Å². The zero-order valence-corrected chi connectivity index (χ0v) is 33.9. The number of aliphatic hydroxyl groups is 1. The minimum absolute atomic E-state index is 0.0379. The molecule has 0 aliphatic rings. The molecular formula is C38H33N9O10S3. The third-order valence-electron chi connectivity index (χ3n) is 8.82. The number of ether oxygens (including phenoxy) is 1. The molecule has 0 saturated carbocycles. The Morgan fingerprint density at radius 2 is 1.43 bits per heavy atom. The molecular weight excluding hydrogens is 839 g/mol. The van der Waals surface area contributed by atoms with E-state index in [4.69, 9.17) is 4.74 Å². The van der Waals surface area contributed by atoms with Crippen LogP contribution in [0.15, 0.2) is 121 Å². The van der Waals surface area contributed by atoms with E-state index in [1.54, 1.807) is 43.3 Å². The topological polar surface area (TPSA) is 284 Å². The summed E-state index contributed by atoms with van der Waals surface area (Å²) < 4.78 is 75.3. The van der Waals surface area contributed by atoms with Crippen LogP contribution in [0.2, 0.25) is 0 Å². The molecule has 19 nitrogen and oxygen atoms in total. The molecule has 0 bridgehead atoms. The predicted octanol–water partition coefficient (Wildman–Crippen LogP) is 9.31. The summed E-state index contributed by atoms with van der Waals surface area (Å²) in [7, 11) is -9.22. The van der Waals surface area contributed by atoms with Crippen molar-refractivity contribution >= 4 is 86.1 Å². The molecule has 0 amide bonds. The number of hydrogen-bond acceptors (Lipinski definition) is 17. The fourth-order valence-corrected chi connectivity index (χ4v) is 8.01. The number of phenols is 1. The highest BCUT2D eigenvalue weighted by molar-refractivity contribution is 7.86. The molecule has 7 aromatic rings. The van der Waals surface area contributed by atoms with Gasteiger partial charge in [0.25, 0.3) is 20.2 Å². The SMILES string of the molecule is Cc1ccc(-n2ncc(N=Nc3ccc4c(O)c(N=Nc5cc(C)c(N=Nc6nc7ccc(CO)cc7s6)cc5OCCCS(=O)(=O)O)ccc4c3S(=O)(=O)O)c2O)cc1. The second kappa shape index (κ2) is 17.0. The van der Waals surface area contributed by atoms with Gasteiger partial charge in [-0.2, -0.15) is 26.6 Å². The van der Waals surface area contributed by atoms with Crippen LogP contribution in [0.3, 0.4) is 0 Å². The molecule has 0 aliphatic heterocycles. The van der Waals surface area contributed by atoms with Gasteiger partial charge in [0.2, 0.25) is 11.0 Å². The summed E-state index contributed by atoms with van der Waals surface area (Å²) in [6.07, 6.45) is 1.16. The molecule has 22 heteroatoms. The molecule has 5 N–H and O–H groups in total. The molecule has 308 valence electrons. The Kier molecular flexibility index (Phi) is 11.8. The van der Waals surface area contributed by atoms with Crippen LogP contribution in [0, 0.1) is 13.8 Å². The number of rotatable bonds is 14. The van der Waals surface area contributed by atoms with Crippen LogP contribution >= 0.6 is 11.3 Å². The Morgan fingerprint density at radius 3 is 2.17 bits per heavy atom. The van der Waals surface area contributed by atoms with E-state index in [9.17, 15) is 41.3 Å². The largest absolute Gasteiger partial charge is 0.505 e. The number of aromatic nitrogens is 3. The molecule has 0 unspecified atom stereocenters. The normalized spacial score (nSPS) is 12.6. The number of phenolic OH excluding ortho intramolecular Hbond substituents is 1. The monoisotopic (exact) mass is 871 g/mol. The first-order valence-electron chi connectivity index (χ1n) is 17.7. The van der Waals surface area contributed by atoms with Crippen molar-refractivity contribution in [3.63, 3.8) is 0 Å². The lowest BCUT2D eigenvalue weighted by Gasteiger charge is -2.11. The average Bonchev–Trinajstić information content (AvgIpc) is 3.79. The first-order valence-corrected chi connectivity index (χ1v) is 21.5. The maximum absolute atomic E-state index is 12.7. The third kappa shape index (κ3) is 9.33. The number of nitrogens with zero attached hydrogens (tertiary/aromatic N) is 9. The summed E-state index contributed by atoms with van der Waals surface area (Å²) >= 11 is 1.27. The first-order chi connectivity index (χ1) is 28.6. The lowest BCUT2D eigenvalue weighted by Crippen LogP contribution is -2.08. The van der Waals surface area contributed by atoms with E-state index in [-0.39, 0.29) is 64.8 Å². The van der Waals surface area contributed by atoms with Crippen LogP contribution in [0.4, 0.5) is 33.6 Å². The van der Waals surface area contributed by atoms with Crippen LogP contribution in [0.25, 0.3) is 26.7 Å². The van der Waals surface area contributed by atoms with Gasteiger partial charge in [-0.05, 0) is 79.9 Å². The van der Waals surface area contributed by atoms with E-state index in [0.29, 0.717) is 27.6 Å². The number of aryl methyl sites for hydroxylation is 2. The summed E-state index contributed by atoms with van der Waals surface area (Å²) in [4.78, 5) is 3.78. The lowest BCUT2D eigenvalue weighted by atomic mass is 10.1. The van der Waals surface area contributed by atoms with Crippen molar-refractivity contribution in [2.24, 2.45) is 30.7 Å². The first kappa shape index (κ1) is 41.6. The Labute approximate surface area is 345 Å². The van der Waals surface area contributed by atoms with Crippen molar-refractivity contribution in [2.45, 2.75) is 31.8 Å². The van der Waals surface area contributed by atoms with Crippen LogP contribution in [0.5, 0.6) is 17.4 Å². The third-order valence-corrected chi connectivity index (χ3v) is 11.5. The quantitative estimate of drug-likeness (QED) is 0.0388. The maximum Gasteiger partial charge on any atom is 0.297 e. The van der Waals surface area contributed by atoms with Crippen molar-refractivity contribution in [3.8, 4) is 23.1 Å². The number of aromatic hydroxyl groups is 2. The maximum atomic E-state index is 12.7. The zero-order chi connectivity index (χ0) is 42.8. The van der Waals surface area contributed by atoms with Crippen LogP contribution in [-0.2, 0) is 26.8 Å². The van der Waals surface area contributed by atoms with Crippen LogP contribution in [0.1, 0.15) is 23.1 Å². The van der Waals surface area contributed by atoms with Gasteiger partial charge in [-0.25, -0.2) is 4.98 Å². The number of aliphatic hydroxyl groups excluding tert-OH is 1. The van der Waals surface area contributed by atoms with E-state index in [0.717, 1.165) is 15.8 Å². The summed E-state index contributed by atoms with van der Waals surface area (Å²) in [6, 6.07) is 20.6. The smallest absolute Gasteiger partial charge is 0.297 e. The summed E-state index contributed by atoms with van der Waals surface area (Å²) in [5.74, 6) is -1.32. The molecule has 0 radical (unpaired) electrons. The fourth-order valence-electron chi connectivity index (χ4n) is 5.85. The molecule has 60 heavy (non-hydrogen) atoms. The summed E-state index contributed by atoms with van der Waals surface area (Å²) in [5.41, 5.74) is 3.50. The molecule has 0 aliphatic carbocycles. The van der Waals surface area contributed by atoms with Gasteiger partial charge < -0.3 is 20.1 Å².